The molecule has 2 aromatic rings. The number of aromatic nitrogens is 1. The van der Waals surface area contributed by atoms with Gasteiger partial charge < -0.3 is 10.1 Å². The van der Waals surface area contributed by atoms with Crippen LogP contribution in [0.2, 0.25) is 0 Å². The van der Waals surface area contributed by atoms with Crippen molar-refractivity contribution in [3.05, 3.63) is 46.1 Å². The number of hydrogen-bond acceptors (Lipinski definition) is 6. The summed E-state index contributed by atoms with van der Waals surface area (Å²) in [6, 6.07) is 4.13. The first-order valence-corrected chi connectivity index (χ1v) is 12.1. The third-order valence-electron chi connectivity index (χ3n) is 6.29. The van der Waals surface area contributed by atoms with E-state index in [-0.39, 0.29) is 23.8 Å². The van der Waals surface area contributed by atoms with Crippen molar-refractivity contribution in [2.45, 2.75) is 58.4 Å². The summed E-state index contributed by atoms with van der Waals surface area (Å²) in [5, 5.41) is 4.10. The van der Waals surface area contributed by atoms with Crippen molar-refractivity contribution in [2.75, 3.05) is 25.0 Å². The molecule has 2 aliphatic rings. The minimum Gasteiger partial charge on any atom is -0.466 e. The molecule has 7 heteroatoms. The highest BCUT2D eigenvalue weighted by Gasteiger charge is 2.35. The number of nitrogens with zero attached hydrogens (tertiary/aromatic N) is 2. The van der Waals surface area contributed by atoms with E-state index < -0.39 is 0 Å². The van der Waals surface area contributed by atoms with Gasteiger partial charge in [0.05, 0.1) is 18.6 Å². The largest absolute Gasteiger partial charge is 0.466 e. The van der Waals surface area contributed by atoms with Gasteiger partial charge in [-0.05, 0) is 75.7 Å². The Morgan fingerprint density at radius 2 is 2.06 bits per heavy atom. The van der Waals surface area contributed by atoms with E-state index >= 15 is 0 Å². The number of nitrogens with one attached hydrogen (secondary N) is 1. The number of carbonyl (C=O) groups excluding carboxylic acids is 2. The van der Waals surface area contributed by atoms with Gasteiger partial charge in [-0.3, -0.25) is 19.5 Å². The molecule has 1 atom stereocenters. The Hall–Kier alpha value is -2.25. The summed E-state index contributed by atoms with van der Waals surface area (Å²) in [7, 11) is 0. The molecule has 3 heterocycles. The highest BCUT2D eigenvalue weighted by Crippen LogP contribution is 2.46. The minimum absolute atomic E-state index is 0.0248. The van der Waals surface area contributed by atoms with Crippen LogP contribution < -0.4 is 5.32 Å². The zero-order chi connectivity index (χ0) is 21.8. The molecule has 0 saturated carbocycles. The minimum atomic E-state index is -0.0769. The number of esters is 1. The van der Waals surface area contributed by atoms with Gasteiger partial charge in [0, 0.05) is 29.8 Å². The zero-order valence-electron chi connectivity index (χ0n) is 18.4. The summed E-state index contributed by atoms with van der Waals surface area (Å²) < 4.78 is 5.26. The lowest BCUT2D eigenvalue weighted by molar-refractivity contribution is -0.149. The fourth-order valence-corrected chi connectivity index (χ4v) is 6.25. The maximum Gasteiger partial charge on any atom is 0.309 e. The molecular weight excluding hydrogens is 410 g/mol. The van der Waals surface area contributed by atoms with Gasteiger partial charge in [0.2, 0.25) is 5.91 Å². The van der Waals surface area contributed by atoms with Gasteiger partial charge in [-0.15, -0.1) is 11.3 Å². The van der Waals surface area contributed by atoms with Crippen LogP contribution in [0.5, 0.6) is 0 Å². The molecule has 1 aliphatic carbocycles. The van der Waals surface area contributed by atoms with Gasteiger partial charge >= 0.3 is 5.97 Å². The second-order valence-corrected chi connectivity index (χ2v) is 9.49. The molecule has 1 fully saturated rings. The maximum atomic E-state index is 12.2. The van der Waals surface area contributed by atoms with Gasteiger partial charge in [-0.2, -0.15) is 0 Å². The van der Waals surface area contributed by atoms with Crippen molar-refractivity contribution in [1.29, 1.82) is 0 Å². The van der Waals surface area contributed by atoms with Crippen LogP contribution >= 0.6 is 11.3 Å². The summed E-state index contributed by atoms with van der Waals surface area (Å²) >= 11 is 1.74. The Bertz CT molecular complexity index is 920. The number of amides is 1. The average Bonchev–Trinajstić information content (AvgIpc) is 3.12. The van der Waals surface area contributed by atoms with Crippen molar-refractivity contribution in [3.8, 4) is 0 Å². The highest BCUT2D eigenvalue weighted by atomic mass is 32.1. The van der Waals surface area contributed by atoms with Crippen LogP contribution in [0.25, 0.3) is 0 Å². The van der Waals surface area contributed by atoms with E-state index in [9.17, 15) is 9.59 Å². The van der Waals surface area contributed by atoms with E-state index in [4.69, 9.17) is 4.74 Å². The van der Waals surface area contributed by atoms with E-state index in [1.165, 1.54) is 28.8 Å². The van der Waals surface area contributed by atoms with Gasteiger partial charge in [0.25, 0.3) is 0 Å². The molecule has 1 aliphatic heterocycles. The number of aryl methyl sites for hydroxylation is 1. The van der Waals surface area contributed by atoms with E-state index in [2.05, 4.69) is 21.3 Å². The predicted molar refractivity (Wildman–Crippen MR) is 122 cm³/mol. The molecular formula is C24H31N3O3S. The van der Waals surface area contributed by atoms with Crippen LogP contribution in [0.1, 0.15) is 67.1 Å². The van der Waals surface area contributed by atoms with Crippen molar-refractivity contribution >= 4 is 28.2 Å². The number of pyridine rings is 1. The van der Waals surface area contributed by atoms with E-state index in [0.717, 1.165) is 49.3 Å². The van der Waals surface area contributed by atoms with Gasteiger partial charge in [-0.1, -0.05) is 6.07 Å². The second-order valence-electron chi connectivity index (χ2n) is 8.39. The molecule has 166 valence electrons. The molecule has 0 unspecified atom stereocenters. The molecule has 31 heavy (non-hydrogen) atoms. The van der Waals surface area contributed by atoms with Crippen LogP contribution in [-0.4, -0.2) is 41.5 Å². The van der Waals surface area contributed by atoms with Crippen LogP contribution in [-0.2, 0) is 27.2 Å². The molecule has 6 nitrogen and oxygen atoms in total. The number of ether oxygens (including phenoxy) is 1. The number of hydrogen-bond donors (Lipinski definition) is 1. The first kappa shape index (κ1) is 22.0. The highest BCUT2D eigenvalue weighted by molar-refractivity contribution is 7.16. The number of piperidine rings is 1. The van der Waals surface area contributed by atoms with Crippen LogP contribution in [0.3, 0.4) is 0 Å². The average molecular weight is 442 g/mol. The molecule has 0 aromatic carbocycles. The summed E-state index contributed by atoms with van der Waals surface area (Å²) in [5.41, 5.74) is 3.77. The van der Waals surface area contributed by atoms with Crippen molar-refractivity contribution in [2.24, 2.45) is 5.92 Å². The molecule has 1 saturated heterocycles. The predicted octanol–water partition coefficient (Wildman–Crippen LogP) is 4.34. The third-order valence-corrected chi connectivity index (χ3v) is 7.51. The van der Waals surface area contributed by atoms with Crippen LogP contribution in [0.4, 0.5) is 5.00 Å². The van der Waals surface area contributed by atoms with E-state index in [0.29, 0.717) is 6.61 Å². The van der Waals surface area contributed by atoms with Gasteiger partial charge in [0.1, 0.15) is 5.00 Å². The van der Waals surface area contributed by atoms with Crippen LogP contribution in [0.15, 0.2) is 24.5 Å². The van der Waals surface area contributed by atoms with Crippen molar-refractivity contribution < 1.29 is 14.3 Å². The Morgan fingerprint density at radius 1 is 1.29 bits per heavy atom. The molecule has 0 radical (unpaired) electrons. The Morgan fingerprint density at radius 3 is 2.74 bits per heavy atom. The van der Waals surface area contributed by atoms with Crippen LogP contribution in [0, 0.1) is 5.92 Å². The molecule has 4 rings (SSSR count). The lowest BCUT2D eigenvalue weighted by Gasteiger charge is -2.38. The smallest absolute Gasteiger partial charge is 0.309 e. The number of anilines is 1. The fraction of sp³-hybridized carbons (Fsp3) is 0.542. The summed E-state index contributed by atoms with van der Waals surface area (Å²) in [6.07, 6.45) is 9.83. The summed E-state index contributed by atoms with van der Waals surface area (Å²) in [5.74, 6) is -0.144. The molecule has 0 bridgehead atoms. The van der Waals surface area contributed by atoms with E-state index in [1.54, 1.807) is 24.5 Å². The van der Waals surface area contributed by atoms with Crippen molar-refractivity contribution in [3.63, 3.8) is 0 Å². The van der Waals surface area contributed by atoms with Crippen molar-refractivity contribution in [1.82, 2.24) is 9.88 Å². The SMILES string of the molecule is CCOC(=O)C1CCN([C@H](c2cccnc2)c2c(NC(C)=O)sc3c2CCCC3)CC1. The van der Waals surface area contributed by atoms with Gasteiger partial charge in [-0.25, -0.2) is 0 Å². The number of thiophene rings is 1. The number of rotatable bonds is 6. The number of likely N-dealkylation sites (tertiary alicyclic amines) is 1. The summed E-state index contributed by atoms with van der Waals surface area (Å²) in [4.78, 5) is 32.5. The van der Waals surface area contributed by atoms with E-state index in [1.807, 2.05) is 19.2 Å². The lowest BCUT2D eigenvalue weighted by atomic mass is 9.87. The maximum absolute atomic E-state index is 12.2. The number of fused-ring (bicyclic) bond motifs is 1. The lowest BCUT2D eigenvalue weighted by Crippen LogP contribution is -2.40. The van der Waals surface area contributed by atoms with Gasteiger partial charge in [0.15, 0.2) is 0 Å². The monoisotopic (exact) mass is 441 g/mol. The molecule has 1 amide bonds. The second kappa shape index (κ2) is 9.92. The fourth-order valence-electron chi connectivity index (χ4n) is 4.88. The first-order valence-electron chi connectivity index (χ1n) is 11.3. The molecule has 1 N–H and O–H groups in total. The number of carbonyl (C=O) groups is 2. The molecule has 0 spiro atoms. The summed E-state index contributed by atoms with van der Waals surface area (Å²) in [6.45, 7) is 5.49. The Labute approximate surface area is 188 Å². The molecule has 2 aromatic heterocycles. The zero-order valence-corrected chi connectivity index (χ0v) is 19.2. The third kappa shape index (κ3) is 4.83. The Balaban J connectivity index is 1.70. The normalized spacial score (nSPS) is 18.3. The Kier molecular flexibility index (Phi) is 7.02. The quantitative estimate of drug-likeness (QED) is 0.675. The standard InChI is InChI=1S/C24H31N3O3S/c1-3-30-24(29)17-10-13-27(14-11-17)22(18-7-6-12-25-15-18)21-19-8-4-5-9-20(19)31-23(21)26-16(2)28/h6-7,12,15,17,22H,3-5,8-11,13-14H2,1-2H3,(H,26,28)/t22-/m1/s1. The first-order chi connectivity index (χ1) is 15.1. The topological polar surface area (TPSA) is 71.5 Å².